The van der Waals surface area contributed by atoms with Gasteiger partial charge in [-0.1, -0.05) is 121 Å². The van der Waals surface area contributed by atoms with Crippen LogP contribution in [0, 0.1) is 0 Å². The second-order valence-corrected chi connectivity index (χ2v) is 25.0. The molecular weight excluding hydrogens is 1180 g/mol. The van der Waals surface area contributed by atoms with E-state index in [2.05, 4.69) is 141 Å². The lowest BCUT2D eigenvalue weighted by Crippen LogP contribution is -2.14. The molecule has 0 saturated carbocycles. The van der Waals surface area contributed by atoms with Crippen LogP contribution in [-0.4, -0.2) is 56.9 Å². The lowest BCUT2D eigenvalue weighted by Gasteiger charge is -2.39. The summed E-state index contributed by atoms with van der Waals surface area (Å²) in [5.74, 6) is 5.54. The molecule has 0 bridgehead atoms. The fourth-order valence-electron chi connectivity index (χ4n) is 13.4. The molecule has 462 valence electrons. The molecule has 2 aliphatic heterocycles. The summed E-state index contributed by atoms with van der Waals surface area (Å²) in [6.07, 6.45) is 0. The Morgan fingerprint density at radius 1 is 0.194 bits per heavy atom. The SMILES string of the molecule is COc1ccccc1N(c1ccc2c(c1)S1(c3cc(N(c4ccccc4OC)c4ccccc4OC)ccc3-2)c2cc(N(c3ccccc3OC)c3ccccc3OC)ccc2-c2ccc(N(c3ccccc3OC)c3ccccc3OC)cc21)c1ccccc1OC. The molecule has 0 N–H and O–H groups in total. The van der Waals surface area contributed by atoms with Crippen molar-refractivity contribution in [3.8, 4) is 68.2 Å². The highest BCUT2D eigenvalue weighted by Crippen LogP contribution is 2.86. The Bertz CT molecular complexity index is 4000. The summed E-state index contributed by atoms with van der Waals surface area (Å²) < 4.78 is 50.0. The van der Waals surface area contributed by atoms with Crippen LogP contribution in [0.4, 0.5) is 68.2 Å². The average Bonchev–Trinajstić information content (AvgIpc) is 1.51. The Hall–Kier alpha value is -11.4. The van der Waals surface area contributed by atoms with Crippen LogP contribution in [0.3, 0.4) is 0 Å². The van der Waals surface area contributed by atoms with Gasteiger partial charge < -0.3 is 57.5 Å². The summed E-state index contributed by atoms with van der Waals surface area (Å²) >= 11 is 0. The minimum Gasteiger partial charge on any atom is -0.495 e. The number of nitrogens with zero attached hydrogens (tertiary/aromatic N) is 4. The number of ether oxygens (including phenoxy) is 8. The number of hydrogen-bond acceptors (Lipinski definition) is 12. The molecule has 2 heterocycles. The molecule has 1 spiro atoms. The molecular formula is C80H68N4O8S. The minimum absolute atomic E-state index is 0.693. The van der Waals surface area contributed by atoms with Crippen molar-refractivity contribution < 1.29 is 37.9 Å². The first-order valence-electron chi connectivity index (χ1n) is 30.5. The fourth-order valence-corrected chi connectivity index (χ4v) is 18.0. The first-order chi connectivity index (χ1) is 45.8. The highest BCUT2D eigenvalue weighted by atomic mass is 32.3. The number of anilines is 12. The lowest BCUT2D eigenvalue weighted by molar-refractivity contribution is 0.412. The van der Waals surface area contributed by atoms with Crippen LogP contribution in [0.15, 0.2) is 287 Å². The largest absolute Gasteiger partial charge is 0.495 e. The topological polar surface area (TPSA) is 86.8 Å². The second kappa shape index (κ2) is 25.1. The molecule has 14 rings (SSSR count). The van der Waals surface area contributed by atoms with Crippen molar-refractivity contribution in [1.29, 1.82) is 0 Å². The summed E-state index contributed by atoms with van der Waals surface area (Å²) in [6, 6.07) is 92.9. The van der Waals surface area contributed by atoms with E-state index in [9.17, 15) is 0 Å². The van der Waals surface area contributed by atoms with Crippen LogP contribution in [-0.2, 0) is 0 Å². The van der Waals surface area contributed by atoms with Crippen LogP contribution in [0.5, 0.6) is 46.0 Å². The molecule has 12 nitrogen and oxygen atoms in total. The molecule has 0 aromatic heterocycles. The summed E-state index contributed by atoms with van der Waals surface area (Å²) in [5, 5.41) is 0. The number of rotatable bonds is 20. The number of fused-ring (bicyclic) bond motifs is 10. The van der Waals surface area contributed by atoms with Gasteiger partial charge in [0.25, 0.3) is 0 Å². The summed E-state index contributed by atoms with van der Waals surface area (Å²) in [7, 11) is 11.0. The van der Waals surface area contributed by atoms with Crippen LogP contribution in [0.2, 0.25) is 0 Å². The molecule has 0 saturated heterocycles. The minimum atomic E-state index is -2.73. The maximum Gasteiger partial charge on any atom is 0.142 e. The zero-order valence-electron chi connectivity index (χ0n) is 52.9. The number of hydrogen-bond donors (Lipinski definition) is 0. The van der Waals surface area contributed by atoms with Gasteiger partial charge in [-0.3, -0.25) is 0 Å². The van der Waals surface area contributed by atoms with Gasteiger partial charge in [-0.25, -0.2) is 0 Å². The van der Waals surface area contributed by atoms with E-state index >= 15 is 0 Å². The smallest absolute Gasteiger partial charge is 0.142 e. The first-order valence-corrected chi connectivity index (χ1v) is 32.1. The standard InChI is InChI=1S/C80H68N4O8S/c1-85-69-33-17-9-25-61(69)81(62-26-10-18-34-70(62)86-2)53-41-45-57-58-46-42-54(82(63-27-11-19-35-71(63)87-3)64-28-12-20-36-72(64)88-4)50-78(58)93(77(57)49-53)79-51-55(83(65-29-13-21-37-73(65)89-5)66-30-14-22-38-74(66)90-6)43-47-59(79)60-48-44-56(52-80(60)93)84(67-31-15-23-39-75(67)91-7)68-32-16-24-40-76(68)92-8/h9-52H,1-8H3. The van der Waals surface area contributed by atoms with E-state index in [1.807, 2.05) is 146 Å². The second-order valence-electron chi connectivity index (χ2n) is 22.1. The van der Waals surface area contributed by atoms with E-state index in [-0.39, 0.29) is 0 Å². The number of methoxy groups -OCH3 is 8. The zero-order valence-corrected chi connectivity index (χ0v) is 53.7. The van der Waals surface area contributed by atoms with Crippen molar-refractivity contribution >= 4 is 78.3 Å². The first kappa shape index (κ1) is 59.2. The maximum absolute atomic E-state index is 6.25. The van der Waals surface area contributed by atoms with Gasteiger partial charge in [0, 0.05) is 42.3 Å². The molecule has 0 atom stereocenters. The van der Waals surface area contributed by atoms with Crippen molar-refractivity contribution in [1.82, 2.24) is 0 Å². The van der Waals surface area contributed by atoms with Gasteiger partial charge in [-0.2, -0.15) is 0 Å². The Morgan fingerprint density at radius 2 is 0.344 bits per heavy atom. The lowest BCUT2D eigenvalue weighted by atomic mass is 10.0. The molecule has 12 aromatic carbocycles. The fraction of sp³-hybridized carbons (Fsp3) is 0.100. The molecule has 2 aliphatic rings. The molecule has 93 heavy (non-hydrogen) atoms. The van der Waals surface area contributed by atoms with Crippen molar-refractivity contribution in [3.63, 3.8) is 0 Å². The van der Waals surface area contributed by atoms with Gasteiger partial charge in [-0.15, -0.1) is 10.0 Å². The summed E-state index contributed by atoms with van der Waals surface area (Å²) in [5.41, 5.74) is 14.6. The van der Waals surface area contributed by atoms with E-state index < -0.39 is 10.0 Å². The van der Waals surface area contributed by atoms with Crippen LogP contribution in [0.1, 0.15) is 0 Å². The van der Waals surface area contributed by atoms with Gasteiger partial charge in [0.1, 0.15) is 46.0 Å². The van der Waals surface area contributed by atoms with Crippen LogP contribution < -0.4 is 57.5 Å². The van der Waals surface area contributed by atoms with E-state index in [0.717, 1.165) is 110 Å². The van der Waals surface area contributed by atoms with Gasteiger partial charge in [0.15, 0.2) is 0 Å². The molecule has 0 aliphatic carbocycles. The van der Waals surface area contributed by atoms with E-state index in [0.29, 0.717) is 46.0 Å². The third kappa shape index (κ3) is 9.87. The van der Waals surface area contributed by atoms with Gasteiger partial charge >= 0.3 is 0 Å². The van der Waals surface area contributed by atoms with E-state index in [1.54, 1.807) is 56.9 Å². The highest BCUT2D eigenvalue weighted by molar-refractivity contribution is 8.34. The molecule has 13 heteroatoms. The molecule has 0 unspecified atom stereocenters. The van der Waals surface area contributed by atoms with Crippen molar-refractivity contribution in [2.24, 2.45) is 0 Å². The molecule has 0 radical (unpaired) electrons. The quantitative estimate of drug-likeness (QED) is 0.0728. The Labute approximate surface area is 544 Å². The van der Waals surface area contributed by atoms with Gasteiger partial charge in [-0.05, 0) is 168 Å². The van der Waals surface area contributed by atoms with Crippen LogP contribution >= 0.6 is 10.0 Å². The van der Waals surface area contributed by atoms with Gasteiger partial charge in [0.05, 0.1) is 102 Å². The Balaban J connectivity index is 1.15. The number of benzene rings is 12. The van der Waals surface area contributed by atoms with Crippen molar-refractivity contribution in [2.45, 2.75) is 19.6 Å². The number of para-hydroxylation sites is 16. The Kier molecular flexibility index (Phi) is 16.0. The van der Waals surface area contributed by atoms with Crippen LogP contribution in [0.25, 0.3) is 22.3 Å². The predicted octanol–water partition coefficient (Wildman–Crippen LogP) is 20.9. The third-order valence-corrected chi connectivity index (χ3v) is 21.4. The van der Waals surface area contributed by atoms with Gasteiger partial charge in [0.2, 0.25) is 0 Å². The van der Waals surface area contributed by atoms with E-state index in [1.165, 1.54) is 0 Å². The normalized spacial score (nSPS) is 12.3. The van der Waals surface area contributed by atoms with Crippen molar-refractivity contribution in [2.75, 3.05) is 76.5 Å². The predicted molar refractivity (Wildman–Crippen MR) is 376 cm³/mol. The Morgan fingerprint density at radius 3 is 0.495 bits per heavy atom. The highest BCUT2D eigenvalue weighted by Gasteiger charge is 2.50. The zero-order chi connectivity index (χ0) is 63.7. The molecule has 0 fully saturated rings. The molecule has 0 amide bonds. The molecule has 12 aromatic rings. The third-order valence-electron chi connectivity index (χ3n) is 17.4. The average molecular weight is 1250 g/mol. The summed E-state index contributed by atoms with van der Waals surface area (Å²) in [6.45, 7) is 0. The summed E-state index contributed by atoms with van der Waals surface area (Å²) in [4.78, 5) is 13.5. The van der Waals surface area contributed by atoms with Crippen molar-refractivity contribution in [3.05, 3.63) is 267 Å². The van der Waals surface area contributed by atoms with E-state index in [4.69, 9.17) is 37.9 Å². The maximum atomic E-state index is 6.25. The monoisotopic (exact) mass is 1240 g/mol.